The molecule has 0 saturated carbocycles. The van der Waals surface area contributed by atoms with Crippen LogP contribution in [0.2, 0.25) is 0 Å². The van der Waals surface area contributed by atoms with Gasteiger partial charge in [-0.1, -0.05) is 30.3 Å². The average Bonchev–Trinajstić information content (AvgIpc) is 2.74. The number of hydrogen-bond donors (Lipinski definition) is 1. The number of rotatable bonds is 13. The van der Waals surface area contributed by atoms with E-state index in [1.54, 1.807) is 7.11 Å². The summed E-state index contributed by atoms with van der Waals surface area (Å²) in [5.74, 6) is 1.56. The van der Waals surface area contributed by atoms with Crippen LogP contribution in [0.5, 0.6) is 11.5 Å². The van der Waals surface area contributed by atoms with Gasteiger partial charge in [-0.15, -0.1) is 4.67 Å². The van der Waals surface area contributed by atoms with Gasteiger partial charge in [0.15, 0.2) is 0 Å². The molecule has 0 amide bonds. The molecule has 2 rings (SSSR count). The van der Waals surface area contributed by atoms with Crippen LogP contribution >= 0.6 is 7.82 Å². The average molecular weight is 439 g/mol. The lowest BCUT2D eigenvalue weighted by Gasteiger charge is -2.22. The molecule has 8 nitrogen and oxygen atoms in total. The highest BCUT2D eigenvalue weighted by Crippen LogP contribution is 2.42. The van der Waals surface area contributed by atoms with Gasteiger partial charge < -0.3 is 19.3 Å². The van der Waals surface area contributed by atoms with Crippen molar-refractivity contribution >= 4 is 7.82 Å². The summed E-state index contributed by atoms with van der Waals surface area (Å²) in [6, 6.07) is 15.7. The Morgan fingerprint density at radius 3 is 2.53 bits per heavy atom. The standard InChI is InChI=1S/C21H30NO7P/c1-22(2)15-20(28-29-30(23,24)26-4)16-27-21-11-6-5-9-18(21)13-12-17-8-7-10-19(14-17)25-3/h5-11,14,20H,12-13,15-16H2,1-4H3,(H,23,24). The molecule has 2 aromatic carbocycles. The first kappa shape index (κ1) is 24.3. The number of phosphoric acid groups is 1. The van der Waals surface area contributed by atoms with Crippen molar-refractivity contribution in [1.82, 2.24) is 4.90 Å². The van der Waals surface area contributed by atoms with Gasteiger partial charge in [0.25, 0.3) is 0 Å². The maximum atomic E-state index is 11.5. The fraction of sp³-hybridized carbons (Fsp3) is 0.429. The van der Waals surface area contributed by atoms with E-state index in [1.807, 2.05) is 61.5 Å². The molecule has 0 aliphatic rings. The number of nitrogens with zero attached hydrogens (tertiary/aromatic N) is 1. The number of likely N-dealkylation sites (N-methyl/N-ethyl adjacent to an activating group) is 1. The fourth-order valence-electron chi connectivity index (χ4n) is 2.80. The summed E-state index contributed by atoms with van der Waals surface area (Å²) in [5, 5.41) is 0. The molecule has 0 aliphatic carbocycles. The SMILES string of the molecule is COc1cccc(CCc2ccccc2OCC(CN(C)C)OOP(=O)(O)OC)c1. The summed E-state index contributed by atoms with van der Waals surface area (Å²) < 4.78 is 31.7. The number of phosphoric ester groups is 1. The van der Waals surface area contributed by atoms with E-state index in [1.165, 1.54) is 5.56 Å². The van der Waals surface area contributed by atoms with E-state index in [9.17, 15) is 9.46 Å². The van der Waals surface area contributed by atoms with Crippen molar-refractivity contribution in [1.29, 1.82) is 0 Å². The Morgan fingerprint density at radius 2 is 1.83 bits per heavy atom. The van der Waals surface area contributed by atoms with Gasteiger partial charge in [-0.3, -0.25) is 4.52 Å². The highest BCUT2D eigenvalue weighted by atomic mass is 31.2. The van der Waals surface area contributed by atoms with Crippen molar-refractivity contribution in [3.63, 3.8) is 0 Å². The third-order valence-electron chi connectivity index (χ3n) is 4.29. The summed E-state index contributed by atoms with van der Waals surface area (Å²) in [7, 11) is 2.20. The molecule has 0 heterocycles. The molecule has 0 bridgehead atoms. The second kappa shape index (κ2) is 12.1. The van der Waals surface area contributed by atoms with Crippen LogP contribution in [0, 0.1) is 0 Å². The fourth-order valence-corrected chi connectivity index (χ4v) is 3.10. The van der Waals surface area contributed by atoms with Crippen molar-refractivity contribution in [3.8, 4) is 11.5 Å². The number of para-hydroxylation sites is 1. The molecular formula is C21H30NO7P. The lowest BCUT2D eigenvalue weighted by atomic mass is 10.0. The van der Waals surface area contributed by atoms with E-state index < -0.39 is 13.9 Å². The van der Waals surface area contributed by atoms with Crippen molar-refractivity contribution in [3.05, 3.63) is 59.7 Å². The van der Waals surface area contributed by atoms with Crippen molar-refractivity contribution in [2.24, 2.45) is 0 Å². The van der Waals surface area contributed by atoms with E-state index >= 15 is 0 Å². The monoisotopic (exact) mass is 439 g/mol. The molecule has 9 heteroatoms. The quantitative estimate of drug-likeness (QED) is 0.288. The molecule has 0 saturated heterocycles. The normalized spacial score (nSPS) is 14.3. The van der Waals surface area contributed by atoms with Crippen LogP contribution < -0.4 is 9.47 Å². The minimum absolute atomic E-state index is 0.137. The maximum absolute atomic E-state index is 11.5. The van der Waals surface area contributed by atoms with Crippen molar-refractivity contribution < 1.29 is 33.0 Å². The van der Waals surface area contributed by atoms with Crippen LogP contribution in [0.25, 0.3) is 0 Å². The van der Waals surface area contributed by atoms with Crippen molar-refractivity contribution in [2.75, 3.05) is 41.5 Å². The zero-order valence-electron chi connectivity index (χ0n) is 17.8. The van der Waals surface area contributed by atoms with E-state index in [0.29, 0.717) is 6.54 Å². The number of benzene rings is 2. The van der Waals surface area contributed by atoms with Crippen molar-refractivity contribution in [2.45, 2.75) is 18.9 Å². The highest BCUT2D eigenvalue weighted by Gasteiger charge is 2.24. The van der Waals surface area contributed by atoms with Gasteiger partial charge in [0, 0.05) is 13.7 Å². The van der Waals surface area contributed by atoms with Crippen LogP contribution in [0.3, 0.4) is 0 Å². The Hall–Kier alpha value is -1.93. The van der Waals surface area contributed by atoms with Gasteiger partial charge in [-0.2, -0.15) is 0 Å². The smallest absolute Gasteiger partial charge is 0.497 e. The number of aryl methyl sites for hydroxylation is 2. The Kier molecular flexibility index (Phi) is 9.78. The van der Waals surface area contributed by atoms with Gasteiger partial charge in [-0.05, 0) is 56.3 Å². The molecule has 166 valence electrons. The Labute approximate surface area is 177 Å². The molecular weight excluding hydrogens is 409 g/mol. The molecule has 0 aromatic heterocycles. The third-order valence-corrected chi connectivity index (χ3v) is 5.02. The molecule has 0 fully saturated rings. The summed E-state index contributed by atoms with van der Waals surface area (Å²) in [5.41, 5.74) is 2.22. The highest BCUT2D eigenvalue weighted by molar-refractivity contribution is 7.47. The Morgan fingerprint density at radius 1 is 1.07 bits per heavy atom. The third kappa shape index (κ3) is 8.44. The predicted molar refractivity (Wildman–Crippen MR) is 114 cm³/mol. The molecule has 2 atom stereocenters. The maximum Gasteiger partial charge on any atom is 0.499 e. The minimum Gasteiger partial charge on any atom is -0.497 e. The van der Waals surface area contributed by atoms with Gasteiger partial charge in [-0.25, -0.2) is 9.45 Å². The van der Waals surface area contributed by atoms with Crippen LogP contribution in [-0.2, 0) is 31.5 Å². The van der Waals surface area contributed by atoms with E-state index in [-0.39, 0.29) is 6.61 Å². The first-order chi connectivity index (χ1) is 14.3. The predicted octanol–water partition coefficient (Wildman–Crippen LogP) is 3.48. The van der Waals surface area contributed by atoms with E-state index in [0.717, 1.165) is 37.0 Å². The Balaban J connectivity index is 1.99. The van der Waals surface area contributed by atoms with Crippen LogP contribution in [0.4, 0.5) is 0 Å². The second-order valence-corrected chi connectivity index (χ2v) is 8.43. The molecule has 1 N–H and O–H groups in total. The molecule has 2 aromatic rings. The molecule has 0 spiro atoms. The van der Waals surface area contributed by atoms with Gasteiger partial charge in [0.2, 0.25) is 0 Å². The largest absolute Gasteiger partial charge is 0.499 e. The Bertz CT molecular complexity index is 831. The molecule has 30 heavy (non-hydrogen) atoms. The van der Waals surface area contributed by atoms with Crippen LogP contribution in [-0.4, -0.2) is 57.4 Å². The zero-order chi connectivity index (χ0) is 22.0. The molecule has 2 unspecified atom stereocenters. The molecule has 0 aliphatic heterocycles. The van der Waals surface area contributed by atoms with E-state index in [4.69, 9.17) is 14.4 Å². The summed E-state index contributed by atoms with van der Waals surface area (Å²) >= 11 is 0. The minimum atomic E-state index is -4.23. The number of methoxy groups -OCH3 is 1. The van der Waals surface area contributed by atoms with Crippen LogP contribution in [0.15, 0.2) is 48.5 Å². The zero-order valence-corrected chi connectivity index (χ0v) is 18.7. The van der Waals surface area contributed by atoms with Gasteiger partial charge in [0.1, 0.15) is 24.2 Å². The summed E-state index contributed by atoms with van der Waals surface area (Å²) in [6.45, 7) is 0.563. The molecule has 0 radical (unpaired) electrons. The first-order valence-electron chi connectivity index (χ1n) is 9.55. The lowest BCUT2D eigenvalue weighted by Crippen LogP contribution is -2.33. The summed E-state index contributed by atoms with van der Waals surface area (Å²) in [6.07, 6.45) is 1.02. The first-order valence-corrected chi connectivity index (χ1v) is 11.0. The topological polar surface area (TPSA) is 86.7 Å². The number of ether oxygens (including phenoxy) is 2. The van der Waals surface area contributed by atoms with Crippen LogP contribution in [0.1, 0.15) is 11.1 Å². The number of hydrogen-bond acceptors (Lipinski definition) is 7. The van der Waals surface area contributed by atoms with E-state index in [2.05, 4.69) is 15.3 Å². The van der Waals surface area contributed by atoms with Gasteiger partial charge >= 0.3 is 7.82 Å². The lowest BCUT2D eigenvalue weighted by molar-refractivity contribution is -0.265. The summed E-state index contributed by atoms with van der Waals surface area (Å²) in [4.78, 5) is 16.3. The second-order valence-electron chi connectivity index (χ2n) is 6.98. The van der Waals surface area contributed by atoms with Gasteiger partial charge in [0.05, 0.1) is 7.11 Å².